The molecule has 150 valence electrons. The normalized spacial score (nSPS) is 11.6. The average molecular weight is 403 g/mol. The van der Waals surface area contributed by atoms with Crippen molar-refractivity contribution in [2.75, 3.05) is 13.7 Å². The van der Waals surface area contributed by atoms with E-state index in [1.54, 1.807) is 30.1 Å². The van der Waals surface area contributed by atoms with E-state index in [0.717, 1.165) is 16.7 Å². The van der Waals surface area contributed by atoms with E-state index in [9.17, 15) is 9.59 Å². The highest BCUT2D eigenvalue weighted by atomic mass is 35.5. The molecule has 0 spiro atoms. The van der Waals surface area contributed by atoms with Gasteiger partial charge >= 0.3 is 0 Å². The van der Waals surface area contributed by atoms with Crippen LogP contribution in [0.2, 0.25) is 5.02 Å². The number of amides is 2. The van der Waals surface area contributed by atoms with Crippen LogP contribution in [0.4, 0.5) is 0 Å². The van der Waals surface area contributed by atoms with Gasteiger partial charge in [-0.3, -0.25) is 9.59 Å². The second kappa shape index (κ2) is 10.1. The summed E-state index contributed by atoms with van der Waals surface area (Å²) in [5.74, 6) is 0.132. The first-order chi connectivity index (χ1) is 13.3. The van der Waals surface area contributed by atoms with Crippen molar-refractivity contribution in [3.63, 3.8) is 0 Å². The van der Waals surface area contributed by atoms with E-state index in [2.05, 4.69) is 5.32 Å². The molecule has 0 unspecified atom stereocenters. The van der Waals surface area contributed by atoms with Crippen molar-refractivity contribution < 1.29 is 14.3 Å². The first kappa shape index (κ1) is 21.8. The van der Waals surface area contributed by atoms with Gasteiger partial charge < -0.3 is 15.0 Å². The molecule has 2 rings (SSSR count). The fourth-order valence-corrected chi connectivity index (χ4v) is 3.03. The molecule has 2 aromatic rings. The Kier molecular flexibility index (Phi) is 7.88. The maximum atomic E-state index is 13.0. The number of rotatable bonds is 8. The highest BCUT2D eigenvalue weighted by molar-refractivity contribution is 6.31. The monoisotopic (exact) mass is 402 g/mol. The molecule has 0 heterocycles. The maximum Gasteiger partial charge on any atom is 0.261 e. The second-order valence-corrected chi connectivity index (χ2v) is 7.15. The smallest absolute Gasteiger partial charge is 0.261 e. The second-order valence-electron chi connectivity index (χ2n) is 6.75. The van der Waals surface area contributed by atoms with E-state index in [4.69, 9.17) is 16.3 Å². The van der Waals surface area contributed by atoms with Crippen molar-refractivity contribution in [1.82, 2.24) is 10.2 Å². The fraction of sp³-hybridized carbons (Fsp3) is 0.364. The first-order valence-corrected chi connectivity index (χ1v) is 9.69. The number of hydrogen-bond donors (Lipinski definition) is 1. The van der Waals surface area contributed by atoms with Gasteiger partial charge in [0.05, 0.1) is 0 Å². The van der Waals surface area contributed by atoms with Crippen LogP contribution >= 0.6 is 11.6 Å². The van der Waals surface area contributed by atoms with Gasteiger partial charge in [0.1, 0.15) is 11.8 Å². The van der Waals surface area contributed by atoms with Crippen molar-refractivity contribution in [2.45, 2.75) is 39.8 Å². The predicted octanol–water partition coefficient (Wildman–Crippen LogP) is 3.89. The first-order valence-electron chi connectivity index (χ1n) is 9.31. The molecule has 2 amide bonds. The number of carbonyl (C=O) groups is 2. The number of hydrogen-bond acceptors (Lipinski definition) is 3. The minimum atomic E-state index is -0.561. The van der Waals surface area contributed by atoms with E-state index in [1.807, 2.05) is 45.0 Å². The van der Waals surface area contributed by atoms with Crippen molar-refractivity contribution in [2.24, 2.45) is 0 Å². The summed E-state index contributed by atoms with van der Waals surface area (Å²) in [5.41, 5.74) is 2.98. The van der Waals surface area contributed by atoms with Crippen molar-refractivity contribution in [1.29, 1.82) is 0 Å². The third-order valence-corrected chi connectivity index (χ3v) is 5.02. The molecule has 1 N–H and O–H groups in total. The highest BCUT2D eigenvalue weighted by Crippen LogP contribution is 2.21. The van der Waals surface area contributed by atoms with Gasteiger partial charge in [0, 0.05) is 18.6 Å². The standard InChI is InChI=1S/C22H27ClN2O3/c1-5-20(22(27)24-4)25(13-17-8-6-15(2)7-9-17)21(26)14-28-18-10-11-19(23)16(3)12-18/h6-12,20H,5,13-14H2,1-4H3,(H,24,27)/t20-/m1/s1. The largest absolute Gasteiger partial charge is 0.484 e. The number of likely N-dealkylation sites (N-methyl/N-ethyl adjacent to an activating group) is 1. The van der Waals surface area contributed by atoms with Crippen molar-refractivity contribution in [3.8, 4) is 5.75 Å². The van der Waals surface area contributed by atoms with E-state index in [0.29, 0.717) is 23.7 Å². The summed E-state index contributed by atoms with van der Waals surface area (Å²) in [5, 5.41) is 3.29. The van der Waals surface area contributed by atoms with E-state index < -0.39 is 6.04 Å². The van der Waals surface area contributed by atoms with E-state index >= 15 is 0 Å². The minimum absolute atomic E-state index is 0.152. The van der Waals surface area contributed by atoms with Gasteiger partial charge in [0.15, 0.2) is 6.61 Å². The van der Waals surface area contributed by atoms with Gasteiger partial charge in [-0.25, -0.2) is 0 Å². The summed E-state index contributed by atoms with van der Waals surface area (Å²) in [7, 11) is 1.58. The molecular formula is C22H27ClN2O3. The van der Waals surface area contributed by atoms with Crippen LogP contribution < -0.4 is 10.1 Å². The molecule has 0 radical (unpaired) electrons. The number of aryl methyl sites for hydroxylation is 2. The quantitative estimate of drug-likeness (QED) is 0.728. The molecule has 28 heavy (non-hydrogen) atoms. The number of halogens is 1. The van der Waals surface area contributed by atoms with Crippen LogP contribution in [0, 0.1) is 13.8 Å². The molecule has 0 fully saturated rings. The Morgan fingerprint density at radius 1 is 1.14 bits per heavy atom. The number of nitrogens with zero attached hydrogens (tertiary/aromatic N) is 1. The summed E-state index contributed by atoms with van der Waals surface area (Å²) in [6.45, 7) is 5.96. The molecule has 0 aliphatic heterocycles. The minimum Gasteiger partial charge on any atom is -0.484 e. The van der Waals surface area contributed by atoms with Crippen LogP contribution in [0.15, 0.2) is 42.5 Å². The van der Waals surface area contributed by atoms with Gasteiger partial charge in [-0.1, -0.05) is 48.4 Å². The lowest BCUT2D eigenvalue weighted by molar-refractivity contribution is -0.142. The van der Waals surface area contributed by atoms with Gasteiger partial charge in [0.25, 0.3) is 5.91 Å². The molecule has 0 bridgehead atoms. The van der Waals surface area contributed by atoms with E-state index in [1.165, 1.54) is 0 Å². The lowest BCUT2D eigenvalue weighted by atomic mass is 10.1. The summed E-state index contributed by atoms with van der Waals surface area (Å²) in [6, 6.07) is 12.6. The summed E-state index contributed by atoms with van der Waals surface area (Å²) in [6.07, 6.45) is 0.511. The zero-order valence-corrected chi connectivity index (χ0v) is 17.5. The van der Waals surface area contributed by atoms with Crippen LogP contribution in [0.3, 0.4) is 0 Å². The molecule has 0 aliphatic carbocycles. The predicted molar refractivity (Wildman–Crippen MR) is 112 cm³/mol. The summed E-state index contributed by atoms with van der Waals surface area (Å²) >= 11 is 6.03. The average Bonchev–Trinajstić information content (AvgIpc) is 2.69. The molecule has 0 saturated carbocycles. The Labute approximate surface area is 171 Å². The summed E-state index contributed by atoms with van der Waals surface area (Å²) in [4.78, 5) is 26.9. The Balaban J connectivity index is 2.18. The maximum absolute atomic E-state index is 13.0. The number of benzene rings is 2. The zero-order valence-electron chi connectivity index (χ0n) is 16.8. The molecule has 1 atom stereocenters. The molecule has 2 aromatic carbocycles. The number of ether oxygens (including phenoxy) is 1. The number of carbonyl (C=O) groups excluding carboxylic acids is 2. The van der Waals surface area contributed by atoms with Gasteiger partial charge in [-0.15, -0.1) is 0 Å². The SMILES string of the molecule is CC[C@H](C(=O)NC)N(Cc1ccc(C)cc1)C(=O)COc1ccc(Cl)c(C)c1. The molecular weight excluding hydrogens is 376 g/mol. The van der Waals surface area contributed by atoms with Gasteiger partial charge in [-0.05, 0) is 49.6 Å². The van der Waals surface area contributed by atoms with Crippen LogP contribution in [-0.4, -0.2) is 36.4 Å². The lowest BCUT2D eigenvalue weighted by Gasteiger charge is -2.30. The van der Waals surface area contributed by atoms with Gasteiger partial charge in [0.2, 0.25) is 5.91 Å². The van der Waals surface area contributed by atoms with Gasteiger partial charge in [-0.2, -0.15) is 0 Å². The third kappa shape index (κ3) is 5.73. The Morgan fingerprint density at radius 3 is 2.39 bits per heavy atom. The van der Waals surface area contributed by atoms with Crippen LogP contribution in [0.25, 0.3) is 0 Å². The van der Waals surface area contributed by atoms with Crippen LogP contribution in [0.1, 0.15) is 30.0 Å². The third-order valence-electron chi connectivity index (χ3n) is 4.60. The number of nitrogens with one attached hydrogen (secondary N) is 1. The molecule has 0 aromatic heterocycles. The van der Waals surface area contributed by atoms with Crippen molar-refractivity contribution >= 4 is 23.4 Å². The van der Waals surface area contributed by atoms with Crippen LogP contribution in [0.5, 0.6) is 5.75 Å². The lowest BCUT2D eigenvalue weighted by Crippen LogP contribution is -2.49. The van der Waals surface area contributed by atoms with Crippen molar-refractivity contribution in [3.05, 3.63) is 64.2 Å². The highest BCUT2D eigenvalue weighted by Gasteiger charge is 2.28. The molecule has 5 nitrogen and oxygen atoms in total. The summed E-state index contributed by atoms with van der Waals surface area (Å²) < 4.78 is 5.67. The fourth-order valence-electron chi connectivity index (χ4n) is 2.91. The molecule has 0 aliphatic rings. The molecule has 6 heteroatoms. The Hall–Kier alpha value is -2.53. The topological polar surface area (TPSA) is 58.6 Å². The molecule has 0 saturated heterocycles. The van der Waals surface area contributed by atoms with E-state index in [-0.39, 0.29) is 18.4 Å². The zero-order chi connectivity index (χ0) is 20.7. The Morgan fingerprint density at radius 2 is 1.82 bits per heavy atom. The Bertz CT molecular complexity index is 821. The van der Waals surface area contributed by atoms with Crippen LogP contribution in [-0.2, 0) is 16.1 Å².